The fourth-order valence-electron chi connectivity index (χ4n) is 4.63. The summed E-state index contributed by atoms with van der Waals surface area (Å²) in [5.41, 5.74) is 1.59. The van der Waals surface area contributed by atoms with Crippen molar-refractivity contribution < 1.29 is 14.6 Å². The SMILES string of the molecule is CN(C)C=Nc1nccc2c1n(-c1ccc(Oc3ccccc3)cc1)c(=O)n2[C@@H]1CCCN(C(=O)O)C1. The molecule has 1 aliphatic rings. The molecule has 1 saturated heterocycles. The summed E-state index contributed by atoms with van der Waals surface area (Å²) in [7, 11) is 3.71. The second-order valence-electron chi connectivity index (χ2n) is 9.13. The molecule has 0 aliphatic carbocycles. The summed E-state index contributed by atoms with van der Waals surface area (Å²) >= 11 is 0. The number of nitrogens with zero attached hydrogens (tertiary/aromatic N) is 6. The lowest BCUT2D eigenvalue weighted by Crippen LogP contribution is -2.42. The van der Waals surface area contributed by atoms with Gasteiger partial charge in [-0.2, -0.15) is 0 Å². The Balaban J connectivity index is 1.63. The minimum atomic E-state index is -0.978. The van der Waals surface area contributed by atoms with Crippen molar-refractivity contribution in [2.24, 2.45) is 4.99 Å². The van der Waals surface area contributed by atoms with Gasteiger partial charge in [0.15, 0.2) is 5.82 Å². The zero-order valence-corrected chi connectivity index (χ0v) is 20.7. The highest BCUT2D eigenvalue weighted by atomic mass is 16.5. The predicted molar refractivity (Wildman–Crippen MR) is 142 cm³/mol. The van der Waals surface area contributed by atoms with Crippen LogP contribution in [0.25, 0.3) is 16.7 Å². The molecule has 10 nitrogen and oxygen atoms in total. The summed E-state index contributed by atoms with van der Waals surface area (Å²) in [4.78, 5) is 37.8. The molecule has 2 aromatic carbocycles. The number of fused-ring (bicyclic) bond motifs is 1. The number of imidazole rings is 1. The average molecular weight is 501 g/mol. The third kappa shape index (κ3) is 4.90. The summed E-state index contributed by atoms with van der Waals surface area (Å²) in [5.74, 6) is 1.76. The number of piperidine rings is 1. The molecular weight excluding hydrogens is 472 g/mol. The summed E-state index contributed by atoms with van der Waals surface area (Å²) in [6, 6.07) is 18.2. The van der Waals surface area contributed by atoms with Gasteiger partial charge in [-0.1, -0.05) is 18.2 Å². The lowest BCUT2D eigenvalue weighted by atomic mass is 10.1. The van der Waals surface area contributed by atoms with Gasteiger partial charge >= 0.3 is 11.8 Å². The number of hydrogen-bond acceptors (Lipinski definition) is 5. The molecule has 0 bridgehead atoms. The lowest BCUT2D eigenvalue weighted by molar-refractivity contribution is 0.121. The van der Waals surface area contributed by atoms with Crippen molar-refractivity contribution in [3.8, 4) is 17.2 Å². The van der Waals surface area contributed by atoms with Gasteiger partial charge in [0.25, 0.3) is 0 Å². The molecule has 5 rings (SSSR count). The van der Waals surface area contributed by atoms with Gasteiger partial charge in [-0.15, -0.1) is 0 Å². The van der Waals surface area contributed by atoms with E-state index in [1.54, 1.807) is 32.6 Å². The molecular formula is C27H28N6O4. The second-order valence-corrected chi connectivity index (χ2v) is 9.13. The average Bonchev–Trinajstić information content (AvgIpc) is 3.20. The highest BCUT2D eigenvalue weighted by Crippen LogP contribution is 2.31. The Hall–Kier alpha value is -4.60. The molecule has 37 heavy (non-hydrogen) atoms. The van der Waals surface area contributed by atoms with Crippen LogP contribution in [-0.4, -0.2) is 68.6 Å². The number of aromatic nitrogens is 3. The topological polar surface area (TPSA) is 105 Å². The molecule has 0 radical (unpaired) electrons. The number of para-hydroxylation sites is 1. The number of carbonyl (C=O) groups is 1. The van der Waals surface area contributed by atoms with Gasteiger partial charge < -0.3 is 19.6 Å². The molecule has 1 fully saturated rings. The van der Waals surface area contributed by atoms with E-state index in [1.807, 2.05) is 68.7 Å². The number of carboxylic acid groups (broad SMARTS) is 1. The highest BCUT2D eigenvalue weighted by molar-refractivity contribution is 5.88. The van der Waals surface area contributed by atoms with Gasteiger partial charge in [0, 0.05) is 33.4 Å². The minimum absolute atomic E-state index is 0.247. The Labute approximate surface area is 213 Å². The number of likely N-dealkylation sites (tertiary alicyclic amines) is 1. The van der Waals surface area contributed by atoms with Crippen LogP contribution < -0.4 is 10.4 Å². The number of pyridine rings is 1. The smallest absolute Gasteiger partial charge is 0.407 e. The van der Waals surface area contributed by atoms with Crippen LogP contribution in [0.1, 0.15) is 18.9 Å². The number of benzene rings is 2. The van der Waals surface area contributed by atoms with Gasteiger partial charge in [-0.05, 0) is 55.3 Å². The van der Waals surface area contributed by atoms with Crippen molar-refractivity contribution in [1.29, 1.82) is 0 Å². The van der Waals surface area contributed by atoms with Crippen LogP contribution in [0.4, 0.5) is 10.6 Å². The third-order valence-corrected chi connectivity index (χ3v) is 6.28. The number of amides is 1. The quantitative estimate of drug-likeness (QED) is 0.308. The van der Waals surface area contributed by atoms with Gasteiger partial charge in [0.05, 0.1) is 23.6 Å². The van der Waals surface area contributed by atoms with Crippen molar-refractivity contribution in [3.05, 3.63) is 77.3 Å². The Bertz CT molecular complexity index is 1490. The maximum absolute atomic E-state index is 14.0. The number of hydrogen-bond donors (Lipinski definition) is 1. The van der Waals surface area contributed by atoms with Gasteiger partial charge in [-0.25, -0.2) is 19.6 Å². The van der Waals surface area contributed by atoms with E-state index in [2.05, 4.69) is 9.98 Å². The maximum atomic E-state index is 14.0. The second kappa shape index (κ2) is 10.2. The van der Waals surface area contributed by atoms with E-state index in [9.17, 15) is 14.7 Å². The number of ether oxygens (including phenoxy) is 1. The lowest BCUT2D eigenvalue weighted by Gasteiger charge is -2.31. The largest absolute Gasteiger partial charge is 0.465 e. The molecule has 190 valence electrons. The first-order chi connectivity index (χ1) is 17.9. The van der Waals surface area contributed by atoms with Crippen LogP contribution in [0.3, 0.4) is 0 Å². The molecule has 0 unspecified atom stereocenters. The van der Waals surface area contributed by atoms with E-state index < -0.39 is 6.09 Å². The first kappa shape index (κ1) is 24.1. The number of rotatable bonds is 6. The Morgan fingerprint density at radius 1 is 1.11 bits per heavy atom. The molecule has 2 aromatic heterocycles. The fraction of sp³-hybridized carbons (Fsp3) is 0.259. The van der Waals surface area contributed by atoms with E-state index >= 15 is 0 Å². The van der Waals surface area contributed by atoms with Crippen molar-refractivity contribution in [3.63, 3.8) is 0 Å². The molecule has 0 spiro atoms. The highest BCUT2D eigenvalue weighted by Gasteiger charge is 2.29. The van der Waals surface area contributed by atoms with E-state index in [-0.39, 0.29) is 18.3 Å². The van der Waals surface area contributed by atoms with Crippen molar-refractivity contribution in [1.82, 2.24) is 23.9 Å². The number of aliphatic imine (C=N–C) groups is 1. The van der Waals surface area contributed by atoms with Crippen LogP contribution in [0, 0.1) is 0 Å². The molecule has 1 N–H and O–H groups in total. The van der Waals surface area contributed by atoms with Gasteiger partial charge in [-0.3, -0.25) is 9.13 Å². The summed E-state index contributed by atoms with van der Waals surface area (Å²) in [6.07, 6.45) is 3.66. The molecule has 10 heteroatoms. The molecule has 0 saturated carbocycles. The molecule has 1 amide bonds. The zero-order valence-electron chi connectivity index (χ0n) is 20.7. The molecule has 1 aliphatic heterocycles. The van der Waals surface area contributed by atoms with Gasteiger partial charge in [0.1, 0.15) is 17.0 Å². The summed E-state index contributed by atoms with van der Waals surface area (Å²) < 4.78 is 9.20. The first-order valence-electron chi connectivity index (χ1n) is 12.1. The van der Waals surface area contributed by atoms with Gasteiger partial charge in [0.2, 0.25) is 0 Å². The van der Waals surface area contributed by atoms with Crippen LogP contribution >= 0.6 is 0 Å². The maximum Gasteiger partial charge on any atom is 0.407 e. The van der Waals surface area contributed by atoms with E-state index in [4.69, 9.17) is 4.74 Å². The summed E-state index contributed by atoms with van der Waals surface area (Å²) in [5, 5.41) is 9.55. The Kier molecular flexibility index (Phi) is 6.63. The monoisotopic (exact) mass is 500 g/mol. The minimum Gasteiger partial charge on any atom is -0.465 e. The van der Waals surface area contributed by atoms with Crippen LogP contribution in [0.5, 0.6) is 11.5 Å². The molecule has 4 aromatic rings. The molecule has 1 atom stereocenters. The van der Waals surface area contributed by atoms with Crippen molar-refractivity contribution >= 4 is 29.3 Å². The third-order valence-electron chi connectivity index (χ3n) is 6.28. The fourth-order valence-corrected chi connectivity index (χ4v) is 4.63. The van der Waals surface area contributed by atoms with Crippen LogP contribution in [0.2, 0.25) is 0 Å². The Morgan fingerprint density at radius 2 is 1.84 bits per heavy atom. The normalized spacial score (nSPS) is 15.8. The zero-order chi connectivity index (χ0) is 25.9. The van der Waals surface area contributed by atoms with Crippen molar-refractivity contribution in [2.45, 2.75) is 18.9 Å². The standard InChI is InChI=1S/C27H28N6O4/c1-30(2)18-29-25-24-23(14-15-28-25)32(20-7-6-16-31(17-20)27(35)36)26(34)33(24)19-10-12-22(13-11-19)37-21-8-4-3-5-9-21/h3-5,8-15,18,20H,6-7,16-17H2,1-2H3,(H,35,36)/t20-/m1/s1. The first-order valence-corrected chi connectivity index (χ1v) is 12.1. The van der Waals surface area contributed by atoms with Crippen LogP contribution in [0.15, 0.2) is 76.6 Å². The Morgan fingerprint density at radius 3 is 2.54 bits per heavy atom. The summed E-state index contributed by atoms with van der Waals surface area (Å²) in [6.45, 7) is 0.707. The predicted octanol–water partition coefficient (Wildman–Crippen LogP) is 4.52. The van der Waals surface area contributed by atoms with E-state index in [0.717, 1.165) is 0 Å². The molecule has 3 heterocycles. The van der Waals surface area contributed by atoms with Crippen LogP contribution in [-0.2, 0) is 0 Å². The van der Waals surface area contributed by atoms with E-state index in [1.165, 1.54) is 4.90 Å². The van der Waals surface area contributed by atoms with Crippen molar-refractivity contribution in [2.75, 3.05) is 27.2 Å². The van der Waals surface area contributed by atoms with E-state index in [0.29, 0.717) is 53.4 Å².